The SMILES string of the molecule is [13CH3][13C@H]1CCC[13CH2][15N]1CC(=O)NCCC(=O)NCCCON. The van der Waals surface area contributed by atoms with Crippen LogP contribution in [-0.4, -0.2) is 55.5 Å². The Labute approximate surface area is 126 Å². The molecular weight excluding hydrogens is 276 g/mol. The molecule has 0 aromatic carbocycles. The second-order valence-corrected chi connectivity index (χ2v) is 5.49. The lowest BCUT2D eigenvalue weighted by molar-refractivity contribution is -0.123. The second kappa shape index (κ2) is 10.5. The monoisotopic (exact) mass is 304 g/mol. The summed E-state index contributed by atoms with van der Waals surface area (Å²) in [5, 5.41) is 5.54. The summed E-state index contributed by atoms with van der Waals surface area (Å²) in [6, 6.07) is 0.470. The van der Waals surface area contributed by atoms with E-state index in [0.717, 1.165) is 19.4 Å². The number of amides is 2. The molecule has 0 unspecified atom stereocenters. The van der Waals surface area contributed by atoms with Crippen LogP contribution in [0, 0.1) is 0 Å². The van der Waals surface area contributed by atoms with E-state index in [-0.39, 0.29) is 11.8 Å². The first-order chi connectivity index (χ1) is 10.1. The van der Waals surface area contributed by atoms with Crippen LogP contribution in [0.2, 0.25) is 0 Å². The molecule has 1 atom stereocenters. The Morgan fingerprint density at radius 2 is 2.00 bits per heavy atom. The summed E-state index contributed by atoms with van der Waals surface area (Å²) in [4.78, 5) is 29.9. The van der Waals surface area contributed by atoms with Gasteiger partial charge < -0.3 is 15.5 Å². The zero-order chi connectivity index (χ0) is 15.5. The van der Waals surface area contributed by atoms with E-state index >= 15 is 0 Å². The van der Waals surface area contributed by atoms with Gasteiger partial charge in [-0.3, -0.25) is 14.5 Å². The number of rotatable bonds is 9. The highest BCUT2D eigenvalue weighted by molar-refractivity contribution is 5.80. The van der Waals surface area contributed by atoms with Crippen LogP contribution in [0.15, 0.2) is 0 Å². The van der Waals surface area contributed by atoms with Gasteiger partial charge in [-0.2, -0.15) is 0 Å². The van der Waals surface area contributed by atoms with Crippen molar-refractivity contribution in [1.29, 1.82) is 0 Å². The first-order valence-electron chi connectivity index (χ1n) is 7.72. The predicted molar refractivity (Wildman–Crippen MR) is 80.3 cm³/mol. The number of piperidine rings is 1. The lowest BCUT2D eigenvalue weighted by atomic mass is 10.3. The van der Waals surface area contributed by atoms with Crippen LogP contribution in [-0.2, 0) is 14.4 Å². The minimum atomic E-state index is -0.0707. The Kier molecular flexibility index (Phi) is 8.96. The number of likely N-dealkylation sites (tertiary alicyclic amines) is 1. The molecule has 0 aromatic rings. The van der Waals surface area contributed by atoms with E-state index < -0.39 is 0 Å². The van der Waals surface area contributed by atoms with Crippen molar-refractivity contribution in [3.8, 4) is 0 Å². The van der Waals surface area contributed by atoms with Crippen LogP contribution in [0.3, 0.4) is 0 Å². The quantitative estimate of drug-likeness (QED) is 0.236. The maximum absolute atomic E-state index is 11.8. The summed E-state index contributed by atoms with van der Waals surface area (Å²) in [5.74, 6) is 4.80. The van der Waals surface area contributed by atoms with Gasteiger partial charge in [-0.1, -0.05) is 6.42 Å². The van der Waals surface area contributed by atoms with Gasteiger partial charge in [0.2, 0.25) is 11.8 Å². The molecule has 0 saturated carbocycles. The van der Waals surface area contributed by atoms with Crippen LogP contribution in [0.1, 0.15) is 39.0 Å². The molecule has 2 amide bonds. The van der Waals surface area contributed by atoms with E-state index in [1.54, 1.807) is 0 Å². The Morgan fingerprint density at radius 3 is 2.71 bits per heavy atom. The van der Waals surface area contributed by atoms with Crippen molar-refractivity contribution in [2.24, 2.45) is 5.90 Å². The summed E-state index contributed by atoms with van der Waals surface area (Å²) in [6.07, 6.45) is 4.54. The van der Waals surface area contributed by atoms with Crippen molar-refractivity contribution in [2.45, 2.75) is 45.1 Å². The molecule has 0 bridgehead atoms. The zero-order valence-corrected chi connectivity index (χ0v) is 12.9. The van der Waals surface area contributed by atoms with Crippen LogP contribution >= 0.6 is 0 Å². The smallest absolute Gasteiger partial charge is 0.234 e. The third kappa shape index (κ3) is 7.99. The van der Waals surface area contributed by atoms with Gasteiger partial charge in [0.1, 0.15) is 0 Å². The van der Waals surface area contributed by atoms with Crippen LogP contribution in [0.5, 0.6) is 0 Å². The third-order valence-electron chi connectivity index (χ3n) is 3.72. The van der Waals surface area contributed by atoms with E-state index in [9.17, 15) is 9.59 Å². The van der Waals surface area contributed by atoms with Crippen molar-refractivity contribution < 1.29 is 14.4 Å². The average molecular weight is 304 g/mol. The summed E-state index contributed by atoms with van der Waals surface area (Å²) in [7, 11) is 0. The van der Waals surface area contributed by atoms with Crippen molar-refractivity contribution >= 4 is 11.8 Å². The largest absolute Gasteiger partial charge is 0.356 e. The second-order valence-electron chi connectivity index (χ2n) is 5.49. The van der Waals surface area contributed by atoms with E-state index in [4.69, 9.17) is 5.90 Å². The highest BCUT2D eigenvalue weighted by atomic mass is 16.6. The molecule has 1 heterocycles. The molecule has 4 N–H and O–H groups in total. The zero-order valence-electron chi connectivity index (χ0n) is 12.9. The summed E-state index contributed by atoms with van der Waals surface area (Å²) in [5.41, 5.74) is 0. The lowest BCUT2D eigenvalue weighted by Crippen LogP contribution is -2.44. The molecule has 0 aliphatic carbocycles. The van der Waals surface area contributed by atoms with Crippen molar-refractivity contribution in [2.75, 3.05) is 32.8 Å². The normalized spacial score (nSPS) is 19.2. The number of nitrogens with two attached hydrogens (primary N) is 1. The van der Waals surface area contributed by atoms with Gasteiger partial charge in [0, 0.05) is 25.6 Å². The molecule has 0 spiro atoms. The summed E-state index contributed by atoms with van der Waals surface area (Å²) < 4.78 is 0. The standard InChI is InChI=1S/C14H28N4O3/c1-12-5-2-3-9-18(12)11-14(20)17-8-6-13(19)16-7-4-10-21-15/h12H,2-11,15H2,1H3,(H,16,19)(H,17,20)/t12-/m0/s1/i1+1,9+1,12+1,18+1. The molecule has 1 aliphatic rings. The molecule has 1 fully saturated rings. The first kappa shape index (κ1) is 17.9. The van der Waals surface area contributed by atoms with Gasteiger partial charge in [-0.05, 0) is 32.7 Å². The highest BCUT2D eigenvalue weighted by Gasteiger charge is 2.20. The fraction of sp³-hybridized carbons (Fsp3) is 0.857. The van der Waals surface area contributed by atoms with Gasteiger partial charge in [0.15, 0.2) is 0 Å². The number of nitrogens with zero attached hydrogens (tertiary/aromatic N) is 1. The molecule has 1 aliphatic heterocycles. The fourth-order valence-electron chi connectivity index (χ4n) is 2.42. The molecule has 7 heteroatoms. The Hall–Kier alpha value is -1.18. The molecule has 122 valence electrons. The Morgan fingerprint density at radius 1 is 1.24 bits per heavy atom. The van der Waals surface area contributed by atoms with Crippen LogP contribution in [0.25, 0.3) is 0 Å². The number of hydrogen-bond acceptors (Lipinski definition) is 5. The minimum absolute atomic E-state index is 0.00641. The van der Waals surface area contributed by atoms with Gasteiger partial charge in [-0.25, -0.2) is 5.90 Å². The maximum atomic E-state index is 11.8. The molecule has 1 saturated heterocycles. The Balaban J connectivity index is 2.05. The lowest BCUT2D eigenvalue weighted by Gasteiger charge is -2.32. The molecule has 21 heavy (non-hydrogen) atoms. The number of hydrogen-bond donors (Lipinski definition) is 3. The molecular formula is C14H28N4O3. The van der Waals surface area contributed by atoms with E-state index in [2.05, 4.69) is 27.3 Å². The van der Waals surface area contributed by atoms with Gasteiger partial charge in [-0.15, -0.1) is 0 Å². The summed E-state index contributed by atoms with van der Waals surface area (Å²) >= 11 is 0. The third-order valence-corrected chi connectivity index (χ3v) is 3.72. The number of carbonyl (C=O) groups excluding carboxylic acids is 2. The Bertz CT molecular complexity index is 325. The molecule has 7 nitrogen and oxygen atoms in total. The van der Waals surface area contributed by atoms with E-state index in [0.29, 0.717) is 45.1 Å². The number of carbonyl (C=O) groups is 2. The van der Waals surface area contributed by atoms with Crippen LogP contribution in [0.4, 0.5) is 0 Å². The van der Waals surface area contributed by atoms with Gasteiger partial charge >= 0.3 is 0 Å². The average Bonchev–Trinajstić information content (AvgIpc) is 2.46. The van der Waals surface area contributed by atoms with Gasteiger partial charge in [0.25, 0.3) is 0 Å². The summed E-state index contributed by atoms with van der Waals surface area (Å²) in [6.45, 7) is 4.90. The molecule has 0 radical (unpaired) electrons. The van der Waals surface area contributed by atoms with Crippen molar-refractivity contribution in [3.05, 3.63) is 0 Å². The van der Waals surface area contributed by atoms with Crippen molar-refractivity contribution in [1.82, 2.24) is 15.5 Å². The van der Waals surface area contributed by atoms with E-state index in [1.807, 2.05) is 0 Å². The topological polar surface area (TPSA) is 96.7 Å². The fourth-order valence-corrected chi connectivity index (χ4v) is 2.42. The van der Waals surface area contributed by atoms with E-state index in [1.165, 1.54) is 6.42 Å². The van der Waals surface area contributed by atoms with Crippen molar-refractivity contribution in [3.63, 3.8) is 0 Å². The van der Waals surface area contributed by atoms with Gasteiger partial charge in [0.05, 0.1) is 13.2 Å². The maximum Gasteiger partial charge on any atom is 0.234 e. The molecule has 0 aromatic heterocycles. The van der Waals surface area contributed by atoms with Crippen LogP contribution < -0.4 is 16.5 Å². The number of nitrogens with one attached hydrogen (secondary N) is 2. The highest BCUT2D eigenvalue weighted by Crippen LogP contribution is 2.15. The first-order valence-corrected chi connectivity index (χ1v) is 7.72. The minimum Gasteiger partial charge on any atom is -0.356 e. The predicted octanol–water partition coefficient (Wildman–Crippen LogP) is -0.236. The molecule has 1 rings (SSSR count).